The first-order valence-corrected chi connectivity index (χ1v) is 15.5. The molecule has 6 heteroatoms. The molecule has 0 radical (unpaired) electrons. The van der Waals surface area contributed by atoms with E-state index in [1.807, 2.05) is 13.0 Å². The van der Waals surface area contributed by atoms with Crippen LogP contribution in [0.4, 0.5) is 11.8 Å². The molecular formula is C33H49N5S. The Bertz CT molecular complexity index is 1170. The number of likely N-dealkylation sites (tertiary alicyclic amines) is 1. The lowest BCUT2D eigenvalue weighted by Crippen LogP contribution is -2.63. The molecule has 212 valence electrons. The van der Waals surface area contributed by atoms with E-state index in [4.69, 9.17) is 22.6 Å². The van der Waals surface area contributed by atoms with Crippen LogP contribution < -0.4 is 10.2 Å². The predicted octanol–water partition coefficient (Wildman–Crippen LogP) is 7.25. The monoisotopic (exact) mass is 547 g/mol. The Labute approximate surface area is 242 Å². The van der Waals surface area contributed by atoms with Gasteiger partial charge in [-0.25, -0.2) is 4.98 Å². The fraction of sp³-hybridized carbons (Fsp3) is 0.636. The minimum absolute atomic E-state index is 0.0761. The minimum atomic E-state index is 0.0761. The van der Waals surface area contributed by atoms with Crippen molar-refractivity contribution in [3.8, 4) is 0 Å². The summed E-state index contributed by atoms with van der Waals surface area (Å²) in [7, 11) is 0. The zero-order chi connectivity index (χ0) is 27.9. The first-order valence-electron chi connectivity index (χ1n) is 15.0. The lowest BCUT2D eigenvalue weighted by Gasteiger charge is -2.56. The summed E-state index contributed by atoms with van der Waals surface area (Å²) >= 11 is 5.35. The highest BCUT2D eigenvalue weighted by atomic mass is 32.1. The smallest absolute Gasteiger partial charge is 0.227 e. The number of aromatic nitrogens is 2. The Morgan fingerprint density at radius 2 is 1.95 bits per heavy atom. The first kappa shape index (κ1) is 28.5. The highest BCUT2D eigenvalue weighted by Gasteiger charge is 2.49. The van der Waals surface area contributed by atoms with Crippen LogP contribution in [0.15, 0.2) is 36.0 Å². The molecule has 2 saturated heterocycles. The molecule has 5 rings (SSSR count). The van der Waals surface area contributed by atoms with Crippen LogP contribution in [0.5, 0.6) is 0 Å². The number of anilines is 2. The largest absolute Gasteiger partial charge is 0.366 e. The van der Waals surface area contributed by atoms with Crippen molar-refractivity contribution < 1.29 is 0 Å². The Morgan fingerprint density at radius 1 is 1.21 bits per heavy atom. The molecule has 39 heavy (non-hydrogen) atoms. The zero-order valence-electron chi connectivity index (χ0n) is 25.0. The van der Waals surface area contributed by atoms with E-state index in [9.17, 15) is 0 Å². The van der Waals surface area contributed by atoms with Crippen molar-refractivity contribution in [3.63, 3.8) is 0 Å². The molecule has 0 amide bonds. The van der Waals surface area contributed by atoms with Gasteiger partial charge in [0.15, 0.2) is 0 Å². The third kappa shape index (κ3) is 5.88. The molecule has 3 fully saturated rings. The van der Waals surface area contributed by atoms with Crippen LogP contribution in [0, 0.1) is 17.3 Å². The lowest BCUT2D eigenvalue weighted by atomic mass is 9.67. The molecule has 1 saturated carbocycles. The van der Waals surface area contributed by atoms with Gasteiger partial charge in [0.1, 0.15) is 5.82 Å². The van der Waals surface area contributed by atoms with E-state index in [1.165, 1.54) is 43.4 Å². The van der Waals surface area contributed by atoms with Gasteiger partial charge in [0.25, 0.3) is 0 Å². The van der Waals surface area contributed by atoms with Gasteiger partial charge in [0.05, 0.1) is 5.69 Å². The van der Waals surface area contributed by atoms with Crippen LogP contribution in [0.25, 0.3) is 12.2 Å². The quantitative estimate of drug-likeness (QED) is 0.336. The third-order valence-corrected chi connectivity index (χ3v) is 10.5. The van der Waals surface area contributed by atoms with E-state index in [0.717, 1.165) is 55.1 Å². The van der Waals surface area contributed by atoms with E-state index < -0.39 is 0 Å². The fourth-order valence-corrected chi connectivity index (χ4v) is 7.85. The van der Waals surface area contributed by atoms with Gasteiger partial charge in [-0.3, -0.25) is 4.90 Å². The van der Waals surface area contributed by atoms with Gasteiger partial charge in [-0.1, -0.05) is 55.9 Å². The van der Waals surface area contributed by atoms with Crippen molar-refractivity contribution >= 4 is 36.5 Å². The average molecular weight is 548 g/mol. The standard InChI is InChI=1S/C33H49N5S/c1-8-11-28-29(9-2)35-31(36-30(28)34-24(5)27-13-12-22(3)16-23(27)4)38-19-25(20-38)33(39)14-10-15-37(21-33)26-17-32(6,7)18-26/h8-9,11-12,16,24-27,39H,2,10,13-15,17-21H2,1,3-7H3,(H,34,35,36)/b11-8-/t24-,27?,33-/m1/s1. The van der Waals surface area contributed by atoms with E-state index in [-0.39, 0.29) is 10.8 Å². The van der Waals surface area contributed by atoms with Gasteiger partial charge in [-0.15, -0.1) is 0 Å². The second-order valence-corrected chi connectivity index (χ2v) is 14.4. The van der Waals surface area contributed by atoms with Gasteiger partial charge in [-0.2, -0.15) is 17.6 Å². The van der Waals surface area contributed by atoms with Crippen LogP contribution in [-0.4, -0.2) is 57.9 Å². The molecule has 4 aliphatic rings. The molecule has 1 N–H and O–H groups in total. The van der Waals surface area contributed by atoms with Crippen LogP contribution in [0.3, 0.4) is 0 Å². The Hall–Kier alpha value is -2.05. The zero-order valence-corrected chi connectivity index (χ0v) is 25.9. The summed E-state index contributed by atoms with van der Waals surface area (Å²) < 4.78 is 0.0761. The highest BCUT2D eigenvalue weighted by Crippen LogP contribution is 2.47. The van der Waals surface area contributed by atoms with Crippen LogP contribution >= 0.6 is 12.6 Å². The van der Waals surface area contributed by atoms with Crippen molar-refractivity contribution in [2.45, 2.75) is 90.5 Å². The number of nitrogens with zero attached hydrogens (tertiary/aromatic N) is 4. The summed E-state index contributed by atoms with van der Waals surface area (Å²) in [6.45, 7) is 21.9. The van der Waals surface area contributed by atoms with E-state index in [1.54, 1.807) is 0 Å². The second kappa shape index (κ2) is 11.1. The van der Waals surface area contributed by atoms with Crippen LogP contribution in [0.1, 0.15) is 84.9 Å². The third-order valence-electron chi connectivity index (χ3n) is 9.74. The molecule has 3 atom stereocenters. The normalized spacial score (nSPS) is 28.9. The van der Waals surface area contributed by atoms with Crippen molar-refractivity contribution in [3.05, 3.63) is 47.2 Å². The molecular weight excluding hydrogens is 498 g/mol. The summed E-state index contributed by atoms with van der Waals surface area (Å²) in [5.74, 6) is 2.72. The lowest BCUT2D eigenvalue weighted by molar-refractivity contribution is -0.00124. The van der Waals surface area contributed by atoms with E-state index in [0.29, 0.717) is 17.3 Å². The topological polar surface area (TPSA) is 44.3 Å². The SMILES string of the molecule is C=Cc1nc(N2CC([C@@]3(S)CCCN(C4CC(C)(C)C4)C3)C2)nc(N[C@H](C)C2CC=C(C)C=C2C)c1/C=C\C. The van der Waals surface area contributed by atoms with Gasteiger partial charge in [0, 0.05) is 53.9 Å². The van der Waals surface area contributed by atoms with Crippen molar-refractivity contribution in [2.24, 2.45) is 17.3 Å². The molecule has 1 aromatic heterocycles. The summed E-state index contributed by atoms with van der Waals surface area (Å²) in [5, 5.41) is 3.78. The number of allylic oxidation sites excluding steroid dienone is 4. The molecule has 2 aliphatic carbocycles. The summed E-state index contributed by atoms with van der Waals surface area (Å²) in [4.78, 5) is 15.2. The van der Waals surface area contributed by atoms with E-state index in [2.05, 4.69) is 80.6 Å². The Kier molecular flexibility index (Phi) is 8.09. The van der Waals surface area contributed by atoms with Crippen molar-refractivity contribution in [2.75, 3.05) is 36.4 Å². The van der Waals surface area contributed by atoms with Gasteiger partial charge < -0.3 is 10.2 Å². The number of hydrogen-bond donors (Lipinski definition) is 2. The van der Waals surface area contributed by atoms with Crippen molar-refractivity contribution in [1.82, 2.24) is 14.9 Å². The van der Waals surface area contributed by atoms with Gasteiger partial charge in [-0.05, 0) is 77.8 Å². The molecule has 1 aromatic rings. The molecule has 0 bridgehead atoms. The molecule has 0 aromatic carbocycles. The minimum Gasteiger partial charge on any atom is -0.366 e. The summed E-state index contributed by atoms with van der Waals surface area (Å²) in [6.07, 6.45) is 16.8. The first-order chi connectivity index (χ1) is 18.5. The molecule has 3 heterocycles. The van der Waals surface area contributed by atoms with Gasteiger partial charge >= 0.3 is 0 Å². The molecule has 1 unspecified atom stereocenters. The Balaban J connectivity index is 1.30. The number of rotatable bonds is 8. The maximum absolute atomic E-state index is 5.35. The number of thiol groups is 1. The van der Waals surface area contributed by atoms with Crippen molar-refractivity contribution in [1.29, 1.82) is 0 Å². The molecule has 5 nitrogen and oxygen atoms in total. The Morgan fingerprint density at radius 3 is 2.59 bits per heavy atom. The maximum atomic E-state index is 5.35. The molecule has 2 aliphatic heterocycles. The van der Waals surface area contributed by atoms with Crippen LogP contribution in [0.2, 0.25) is 0 Å². The number of nitrogens with one attached hydrogen (secondary N) is 1. The predicted molar refractivity (Wildman–Crippen MR) is 171 cm³/mol. The molecule has 0 spiro atoms. The second-order valence-electron chi connectivity index (χ2n) is 13.5. The van der Waals surface area contributed by atoms with Crippen LogP contribution in [-0.2, 0) is 0 Å². The number of hydrogen-bond acceptors (Lipinski definition) is 6. The summed E-state index contributed by atoms with van der Waals surface area (Å²) in [5.41, 5.74) is 5.20. The average Bonchev–Trinajstić information content (AvgIpc) is 2.82. The van der Waals surface area contributed by atoms with Gasteiger partial charge in [0.2, 0.25) is 5.95 Å². The maximum Gasteiger partial charge on any atom is 0.227 e. The summed E-state index contributed by atoms with van der Waals surface area (Å²) in [6, 6.07) is 1.00. The highest BCUT2D eigenvalue weighted by molar-refractivity contribution is 7.81. The fourth-order valence-electron chi connectivity index (χ4n) is 7.35. The number of piperidine rings is 1. The van der Waals surface area contributed by atoms with E-state index >= 15 is 0 Å².